The number of carbonyl (C=O) groups is 2. The van der Waals surface area contributed by atoms with Crippen LogP contribution in [0.5, 0.6) is 11.5 Å². The molecule has 2 aliphatic heterocycles. The molecule has 2 heterocycles. The van der Waals surface area contributed by atoms with Gasteiger partial charge in [0.15, 0.2) is 0 Å². The molecule has 0 atom stereocenters. The van der Waals surface area contributed by atoms with Crippen LogP contribution in [0.25, 0.3) is 0 Å². The molecule has 0 spiro atoms. The van der Waals surface area contributed by atoms with Crippen molar-refractivity contribution >= 4 is 17.5 Å². The number of hydrogen-bond acceptors (Lipinski definition) is 6. The van der Waals surface area contributed by atoms with Gasteiger partial charge in [-0.1, -0.05) is 30.3 Å². The maximum absolute atomic E-state index is 13.4. The van der Waals surface area contributed by atoms with Gasteiger partial charge in [0.05, 0.1) is 30.5 Å². The van der Waals surface area contributed by atoms with E-state index in [2.05, 4.69) is 14.5 Å². The average Bonchev–Trinajstić information content (AvgIpc) is 3.15. The summed E-state index contributed by atoms with van der Waals surface area (Å²) in [6.07, 6.45) is -4.71. The molecule has 38 heavy (non-hydrogen) atoms. The quantitative estimate of drug-likeness (QED) is 0.417. The maximum atomic E-state index is 13.4. The van der Waals surface area contributed by atoms with E-state index in [0.29, 0.717) is 49.6 Å². The lowest BCUT2D eigenvalue weighted by molar-refractivity contribution is -0.274. The van der Waals surface area contributed by atoms with Gasteiger partial charge in [-0.15, -0.1) is 13.2 Å². The number of nitrogens with zero attached hydrogens (tertiary/aromatic N) is 3. The minimum atomic E-state index is -4.71. The van der Waals surface area contributed by atoms with Gasteiger partial charge in [0.25, 0.3) is 11.8 Å². The first-order chi connectivity index (χ1) is 18.2. The van der Waals surface area contributed by atoms with Crippen molar-refractivity contribution in [3.8, 4) is 11.5 Å². The smallest absolute Gasteiger partial charge is 0.497 e. The fraction of sp³-hybridized carbons (Fsp3) is 0.286. The molecular formula is C28H26F3N3O4. The van der Waals surface area contributed by atoms with Crippen LogP contribution in [0.4, 0.5) is 18.9 Å². The predicted octanol–water partition coefficient (Wildman–Crippen LogP) is 4.71. The molecule has 5 rings (SSSR count). The second-order valence-corrected chi connectivity index (χ2v) is 9.20. The highest BCUT2D eigenvalue weighted by Crippen LogP contribution is 2.33. The van der Waals surface area contributed by atoms with Crippen molar-refractivity contribution in [2.24, 2.45) is 0 Å². The van der Waals surface area contributed by atoms with Crippen LogP contribution in [0, 0.1) is 0 Å². The van der Waals surface area contributed by atoms with Gasteiger partial charge in [-0.2, -0.15) is 0 Å². The zero-order valence-electron chi connectivity index (χ0n) is 20.7. The van der Waals surface area contributed by atoms with Gasteiger partial charge < -0.3 is 14.4 Å². The van der Waals surface area contributed by atoms with E-state index in [1.807, 2.05) is 18.2 Å². The molecule has 10 heteroatoms. The fourth-order valence-electron chi connectivity index (χ4n) is 4.84. The number of imide groups is 1. The molecule has 3 aromatic carbocycles. The summed E-state index contributed by atoms with van der Waals surface area (Å²) in [5.41, 5.74) is 3.28. The van der Waals surface area contributed by atoms with E-state index in [1.54, 1.807) is 43.5 Å². The number of piperazine rings is 1. The first kappa shape index (κ1) is 25.6. The lowest BCUT2D eigenvalue weighted by atomic mass is 10.1. The monoisotopic (exact) mass is 525 g/mol. The van der Waals surface area contributed by atoms with Crippen molar-refractivity contribution in [2.75, 3.05) is 38.2 Å². The Balaban J connectivity index is 1.23. The summed E-state index contributed by atoms with van der Waals surface area (Å²) in [5, 5.41) is 0. The summed E-state index contributed by atoms with van der Waals surface area (Å²) < 4.78 is 46.3. The Labute approximate surface area is 218 Å². The van der Waals surface area contributed by atoms with Crippen molar-refractivity contribution in [1.29, 1.82) is 0 Å². The van der Waals surface area contributed by atoms with Crippen LogP contribution in [0.1, 0.15) is 31.8 Å². The lowest BCUT2D eigenvalue weighted by Gasteiger charge is -2.36. The van der Waals surface area contributed by atoms with Crippen LogP contribution < -0.4 is 14.4 Å². The van der Waals surface area contributed by atoms with E-state index in [4.69, 9.17) is 4.74 Å². The van der Waals surface area contributed by atoms with Crippen LogP contribution in [0.3, 0.4) is 0 Å². The number of alkyl halides is 3. The second kappa shape index (κ2) is 10.4. The van der Waals surface area contributed by atoms with Crippen molar-refractivity contribution in [3.05, 3.63) is 89.0 Å². The number of hydrogen-bond donors (Lipinski definition) is 0. The van der Waals surface area contributed by atoms with E-state index in [1.165, 1.54) is 17.0 Å². The highest BCUT2D eigenvalue weighted by molar-refractivity contribution is 6.23. The molecule has 0 aromatic heterocycles. The van der Waals surface area contributed by atoms with Crippen LogP contribution >= 0.6 is 0 Å². The molecule has 2 aliphatic rings. The molecule has 198 valence electrons. The molecular weight excluding hydrogens is 499 g/mol. The Hall–Kier alpha value is -4.05. The first-order valence-electron chi connectivity index (χ1n) is 12.2. The number of ether oxygens (including phenoxy) is 2. The Bertz CT molecular complexity index is 1320. The highest BCUT2D eigenvalue weighted by Gasteiger charge is 2.38. The third-order valence-electron chi connectivity index (χ3n) is 6.75. The van der Waals surface area contributed by atoms with Crippen molar-refractivity contribution < 1.29 is 32.2 Å². The molecule has 0 N–H and O–H groups in total. The molecule has 1 saturated heterocycles. The number of anilines is 1. The third kappa shape index (κ3) is 5.45. The Morgan fingerprint density at radius 1 is 0.763 bits per heavy atom. The molecule has 7 nitrogen and oxygen atoms in total. The van der Waals surface area contributed by atoms with Crippen molar-refractivity contribution in [2.45, 2.75) is 19.5 Å². The van der Waals surface area contributed by atoms with E-state index in [0.717, 1.165) is 16.8 Å². The predicted molar refractivity (Wildman–Crippen MR) is 134 cm³/mol. The zero-order valence-corrected chi connectivity index (χ0v) is 20.7. The molecule has 2 amide bonds. The Kier molecular flexibility index (Phi) is 6.98. The largest absolute Gasteiger partial charge is 0.573 e. The van der Waals surface area contributed by atoms with Gasteiger partial charge >= 0.3 is 6.36 Å². The first-order valence-corrected chi connectivity index (χ1v) is 12.2. The van der Waals surface area contributed by atoms with Crippen molar-refractivity contribution in [1.82, 2.24) is 9.80 Å². The number of benzene rings is 3. The van der Waals surface area contributed by atoms with Crippen LogP contribution in [0.2, 0.25) is 0 Å². The summed E-state index contributed by atoms with van der Waals surface area (Å²) in [6.45, 7) is 3.44. The number of rotatable bonds is 7. The van der Waals surface area contributed by atoms with Gasteiger partial charge in [0.2, 0.25) is 0 Å². The normalized spacial score (nSPS) is 16.1. The molecule has 0 bridgehead atoms. The van der Waals surface area contributed by atoms with Gasteiger partial charge in [-0.3, -0.25) is 19.4 Å². The topological polar surface area (TPSA) is 62.3 Å². The van der Waals surface area contributed by atoms with Gasteiger partial charge in [0, 0.05) is 32.7 Å². The van der Waals surface area contributed by atoms with Gasteiger partial charge in [-0.25, -0.2) is 0 Å². The van der Waals surface area contributed by atoms with Crippen molar-refractivity contribution in [3.63, 3.8) is 0 Å². The summed E-state index contributed by atoms with van der Waals surface area (Å²) >= 11 is 0. The molecule has 0 aliphatic carbocycles. The maximum Gasteiger partial charge on any atom is 0.573 e. The Morgan fingerprint density at radius 3 is 1.97 bits per heavy atom. The van der Waals surface area contributed by atoms with Crippen LogP contribution in [-0.2, 0) is 13.1 Å². The van der Waals surface area contributed by atoms with Crippen LogP contribution in [-0.4, -0.2) is 61.3 Å². The molecule has 0 radical (unpaired) electrons. The number of fused-ring (bicyclic) bond motifs is 1. The number of amides is 2. The number of methoxy groups -OCH3 is 1. The van der Waals surface area contributed by atoms with E-state index < -0.39 is 6.36 Å². The van der Waals surface area contributed by atoms with E-state index >= 15 is 0 Å². The fourth-order valence-corrected chi connectivity index (χ4v) is 4.84. The summed E-state index contributed by atoms with van der Waals surface area (Å²) in [4.78, 5) is 32.1. The molecule has 3 aromatic rings. The highest BCUT2D eigenvalue weighted by atomic mass is 19.4. The zero-order chi connectivity index (χ0) is 26.9. The molecule has 0 saturated carbocycles. The van der Waals surface area contributed by atoms with Gasteiger partial charge in [0.1, 0.15) is 11.5 Å². The number of carbonyl (C=O) groups excluding carboxylic acids is 2. The molecule has 1 fully saturated rings. The lowest BCUT2D eigenvalue weighted by Crippen LogP contribution is -2.46. The minimum absolute atomic E-state index is 0.177. The SMILES string of the molecule is COc1ccc(CN2C(=O)c3cccc(N4CCN(Cc5ccc(OC(F)(F)F)cc5)CC4)c3C2=O)cc1. The van der Waals surface area contributed by atoms with E-state index in [-0.39, 0.29) is 24.1 Å². The standard InChI is InChI=1S/C28H26F3N3O4/c1-37-21-9-5-20(6-10-21)18-34-26(35)23-3-2-4-24(25(23)27(34)36)33-15-13-32(14-16-33)17-19-7-11-22(12-8-19)38-28(29,30)31/h2-12H,13-18H2,1H3. The summed E-state index contributed by atoms with van der Waals surface area (Å²) in [5.74, 6) is -0.159. The number of halogens is 3. The average molecular weight is 526 g/mol. The second-order valence-electron chi connectivity index (χ2n) is 9.20. The third-order valence-corrected chi connectivity index (χ3v) is 6.75. The summed E-state index contributed by atoms with van der Waals surface area (Å²) in [7, 11) is 1.58. The van der Waals surface area contributed by atoms with Crippen LogP contribution in [0.15, 0.2) is 66.7 Å². The summed E-state index contributed by atoms with van der Waals surface area (Å²) in [6, 6.07) is 18.5. The van der Waals surface area contributed by atoms with Gasteiger partial charge in [-0.05, 0) is 47.5 Å². The van der Waals surface area contributed by atoms with E-state index in [9.17, 15) is 22.8 Å². The molecule has 0 unspecified atom stereocenters. The minimum Gasteiger partial charge on any atom is -0.497 e. The Morgan fingerprint density at radius 2 is 1.37 bits per heavy atom.